The number of piperazine rings is 1. The van der Waals surface area contributed by atoms with Crippen LogP contribution >= 0.6 is 11.6 Å². The first-order chi connectivity index (χ1) is 12.1. The number of halogens is 1. The molecular weight excluding hydrogens is 336 g/mol. The van der Waals surface area contributed by atoms with Crippen molar-refractivity contribution in [2.45, 2.75) is 19.0 Å². The van der Waals surface area contributed by atoms with E-state index in [9.17, 15) is 4.79 Å². The van der Waals surface area contributed by atoms with E-state index in [-0.39, 0.29) is 18.0 Å². The number of hydrogen-bond donors (Lipinski definition) is 2. The summed E-state index contributed by atoms with van der Waals surface area (Å²) in [4.78, 5) is 18.9. The lowest BCUT2D eigenvalue weighted by Crippen LogP contribution is -2.49. The lowest BCUT2D eigenvalue weighted by Gasteiger charge is -2.36. The number of pyridine rings is 1. The summed E-state index contributed by atoms with van der Waals surface area (Å²) < 4.78 is 0. The lowest BCUT2D eigenvalue weighted by molar-refractivity contribution is -0.123. The fourth-order valence-corrected chi connectivity index (χ4v) is 3.51. The van der Waals surface area contributed by atoms with Crippen LogP contribution in [-0.2, 0) is 4.79 Å². The van der Waals surface area contributed by atoms with E-state index in [1.807, 2.05) is 43.5 Å². The third kappa shape index (κ3) is 4.57. The van der Waals surface area contributed by atoms with Crippen molar-refractivity contribution in [3.8, 4) is 0 Å². The standard InChI is InChI=1S/C19H23ClN4O/c1-14(16-6-2-3-7-17(16)20)23-19(25)13-24-10-9-22-12-18(24)15-5-4-8-21-11-15/h2-8,11,14,18,22H,9-10,12-13H2,1H3,(H,23,25). The van der Waals surface area contributed by atoms with Crippen LogP contribution in [0.4, 0.5) is 0 Å². The predicted octanol–water partition coefficient (Wildman–Crippen LogP) is 2.56. The highest BCUT2D eigenvalue weighted by atomic mass is 35.5. The maximum absolute atomic E-state index is 12.6. The van der Waals surface area contributed by atoms with Crippen molar-refractivity contribution in [2.75, 3.05) is 26.2 Å². The van der Waals surface area contributed by atoms with Gasteiger partial charge >= 0.3 is 0 Å². The summed E-state index contributed by atoms with van der Waals surface area (Å²) in [5.41, 5.74) is 2.06. The highest BCUT2D eigenvalue weighted by Crippen LogP contribution is 2.23. The molecule has 2 aromatic rings. The van der Waals surface area contributed by atoms with Crippen molar-refractivity contribution in [3.05, 3.63) is 64.9 Å². The highest BCUT2D eigenvalue weighted by Gasteiger charge is 2.26. The van der Waals surface area contributed by atoms with Gasteiger partial charge in [-0.2, -0.15) is 0 Å². The molecule has 5 nitrogen and oxygen atoms in total. The van der Waals surface area contributed by atoms with Crippen LogP contribution in [0, 0.1) is 0 Å². The Bertz CT molecular complexity index is 710. The van der Waals surface area contributed by atoms with Gasteiger partial charge in [0.25, 0.3) is 0 Å². The van der Waals surface area contributed by atoms with Crippen LogP contribution in [0.1, 0.15) is 30.1 Å². The minimum absolute atomic E-state index is 0.00297. The molecule has 0 saturated carbocycles. The van der Waals surface area contributed by atoms with Gasteiger partial charge in [0.1, 0.15) is 0 Å². The van der Waals surface area contributed by atoms with Crippen LogP contribution in [0.5, 0.6) is 0 Å². The third-order valence-corrected chi connectivity index (χ3v) is 4.86. The number of rotatable bonds is 5. The molecule has 0 aliphatic carbocycles. The van der Waals surface area contributed by atoms with E-state index in [4.69, 9.17) is 11.6 Å². The Labute approximate surface area is 153 Å². The van der Waals surface area contributed by atoms with Crippen molar-refractivity contribution in [1.29, 1.82) is 0 Å². The molecule has 2 unspecified atom stereocenters. The van der Waals surface area contributed by atoms with E-state index in [1.165, 1.54) is 0 Å². The molecule has 1 fully saturated rings. The zero-order valence-electron chi connectivity index (χ0n) is 14.3. The molecule has 1 saturated heterocycles. The van der Waals surface area contributed by atoms with Crippen molar-refractivity contribution in [3.63, 3.8) is 0 Å². The van der Waals surface area contributed by atoms with Crippen LogP contribution in [0.25, 0.3) is 0 Å². The van der Waals surface area contributed by atoms with E-state index >= 15 is 0 Å². The van der Waals surface area contributed by atoms with E-state index in [0.29, 0.717) is 11.6 Å². The predicted molar refractivity (Wildman–Crippen MR) is 99.4 cm³/mol. The average molecular weight is 359 g/mol. The zero-order valence-corrected chi connectivity index (χ0v) is 15.0. The molecule has 1 aliphatic rings. The normalized spacial score (nSPS) is 19.4. The number of nitrogens with zero attached hydrogens (tertiary/aromatic N) is 2. The van der Waals surface area contributed by atoms with Crippen molar-refractivity contribution in [2.24, 2.45) is 0 Å². The van der Waals surface area contributed by atoms with Crippen LogP contribution in [0.2, 0.25) is 5.02 Å². The number of hydrogen-bond acceptors (Lipinski definition) is 4. The summed E-state index contributed by atoms with van der Waals surface area (Å²) >= 11 is 6.22. The monoisotopic (exact) mass is 358 g/mol. The number of aromatic nitrogens is 1. The molecule has 2 N–H and O–H groups in total. The second kappa shape index (κ2) is 8.43. The van der Waals surface area contributed by atoms with E-state index in [0.717, 1.165) is 30.8 Å². The Hall–Kier alpha value is -1.95. The fraction of sp³-hybridized carbons (Fsp3) is 0.368. The second-order valence-corrected chi connectivity index (χ2v) is 6.69. The summed E-state index contributed by atoms with van der Waals surface area (Å²) in [6.07, 6.45) is 3.64. The Morgan fingerprint density at radius 1 is 1.40 bits per heavy atom. The molecule has 6 heteroatoms. The number of amides is 1. The summed E-state index contributed by atoms with van der Waals surface area (Å²) in [6, 6.07) is 11.6. The zero-order chi connectivity index (χ0) is 17.6. The fourth-order valence-electron chi connectivity index (χ4n) is 3.21. The Kier molecular flexibility index (Phi) is 6.02. The topological polar surface area (TPSA) is 57.3 Å². The Morgan fingerprint density at radius 2 is 2.24 bits per heavy atom. The van der Waals surface area contributed by atoms with Crippen molar-refractivity contribution < 1.29 is 4.79 Å². The van der Waals surface area contributed by atoms with Crippen LogP contribution in [0.15, 0.2) is 48.8 Å². The molecule has 1 amide bonds. The molecule has 0 radical (unpaired) electrons. The van der Waals surface area contributed by atoms with Gasteiger partial charge in [0.05, 0.1) is 12.6 Å². The highest BCUT2D eigenvalue weighted by molar-refractivity contribution is 6.31. The van der Waals surface area contributed by atoms with Gasteiger partial charge in [0.15, 0.2) is 0 Å². The summed E-state index contributed by atoms with van der Waals surface area (Å²) in [5.74, 6) is 0.00297. The van der Waals surface area contributed by atoms with Gasteiger partial charge < -0.3 is 10.6 Å². The Balaban J connectivity index is 1.64. The largest absolute Gasteiger partial charge is 0.348 e. The van der Waals surface area contributed by atoms with Gasteiger partial charge in [-0.1, -0.05) is 35.9 Å². The molecule has 2 atom stereocenters. The first-order valence-corrected chi connectivity index (χ1v) is 8.91. The first kappa shape index (κ1) is 17.9. The summed E-state index contributed by atoms with van der Waals surface area (Å²) in [7, 11) is 0. The van der Waals surface area contributed by atoms with Gasteiger partial charge in [-0.05, 0) is 30.2 Å². The molecule has 132 valence electrons. The Morgan fingerprint density at radius 3 is 3.00 bits per heavy atom. The van der Waals surface area contributed by atoms with E-state index < -0.39 is 0 Å². The number of carbonyl (C=O) groups excluding carboxylic acids is 1. The molecule has 25 heavy (non-hydrogen) atoms. The quantitative estimate of drug-likeness (QED) is 0.862. The molecule has 3 rings (SSSR count). The third-order valence-electron chi connectivity index (χ3n) is 4.52. The molecule has 2 heterocycles. The SMILES string of the molecule is CC(NC(=O)CN1CCNCC1c1cccnc1)c1ccccc1Cl. The van der Waals surface area contributed by atoms with Crippen LogP contribution in [0.3, 0.4) is 0 Å². The first-order valence-electron chi connectivity index (χ1n) is 8.53. The van der Waals surface area contributed by atoms with Gasteiger partial charge in [-0.15, -0.1) is 0 Å². The number of carbonyl (C=O) groups is 1. The van der Waals surface area contributed by atoms with Crippen LogP contribution in [-0.4, -0.2) is 42.0 Å². The molecule has 1 aromatic heterocycles. The van der Waals surface area contributed by atoms with E-state index in [1.54, 1.807) is 6.20 Å². The molecular formula is C19H23ClN4O. The number of nitrogens with one attached hydrogen (secondary N) is 2. The molecule has 0 spiro atoms. The minimum atomic E-state index is -0.124. The van der Waals surface area contributed by atoms with Gasteiger partial charge in [0.2, 0.25) is 5.91 Å². The average Bonchev–Trinajstić information content (AvgIpc) is 2.63. The molecule has 1 aliphatic heterocycles. The van der Waals surface area contributed by atoms with Crippen molar-refractivity contribution in [1.82, 2.24) is 20.5 Å². The van der Waals surface area contributed by atoms with Gasteiger partial charge in [-0.3, -0.25) is 14.7 Å². The van der Waals surface area contributed by atoms with Crippen molar-refractivity contribution >= 4 is 17.5 Å². The summed E-state index contributed by atoms with van der Waals surface area (Å²) in [6.45, 7) is 4.84. The smallest absolute Gasteiger partial charge is 0.234 e. The van der Waals surface area contributed by atoms with E-state index in [2.05, 4.69) is 26.6 Å². The van der Waals surface area contributed by atoms with Gasteiger partial charge in [-0.25, -0.2) is 0 Å². The molecule has 0 bridgehead atoms. The second-order valence-electron chi connectivity index (χ2n) is 6.29. The van der Waals surface area contributed by atoms with Crippen LogP contribution < -0.4 is 10.6 Å². The maximum Gasteiger partial charge on any atom is 0.234 e. The maximum atomic E-state index is 12.6. The number of benzene rings is 1. The van der Waals surface area contributed by atoms with Gasteiger partial charge in [0, 0.05) is 43.1 Å². The lowest BCUT2D eigenvalue weighted by atomic mass is 10.1. The molecule has 1 aromatic carbocycles. The summed E-state index contributed by atoms with van der Waals surface area (Å²) in [5, 5.41) is 7.12. The minimum Gasteiger partial charge on any atom is -0.348 e.